The van der Waals surface area contributed by atoms with Crippen LogP contribution in [0.2, 0.25) is 0 Å². The summed E-state index contributed by atoms with van der Waals surface area (Å²) >= 11 is 0. The van der Waals surface area contributed by atoms with Gasteiger partial charge in [0.25, 0.3) is 0 Å². The smallest absolute Gasteiger partial charge is 0 e. The summed E-state index contributed by atoms with van der Waals surface area (Å²) < 4.78 is 0. The summed E-state index contributed by atoms with van der Waals surface area (Å²) in [7, 11) is 0. The molecule has 1 fully saturated rings. The third kappa shape index (κ3) is 1.88. The van der Waals surface area contributed by atoms with Gasteiger partial charge in [0, 0.05) is 18.6 Å². The van der Waals surface area contributed by atoms with E-state index in [0.29, 0.717) is 0 Å². The maximum absolute atomic E-state index is 2.33. The monoisotopic (exact) mass is 135 g/mol. The predicted molar refractivity (Wildman–Crippen MR) is 27.6 cm³/mol. The van der Waals surface area contributed by atoms with Crippen molar-refractivity contribution in [1.82, 2.24) is 0 Å². The van der Waals surface area contributed by atoms with Crippen molar-refractivity contribution in [1.29, 1.82) is 0 Å². The van der Waals surface area contributed by atoms with Crippen LogP contribution in [0.15, 0.2) is 0 Å². The molecule has 0 saturated heterocycles. The first-order chi connectivity index (χ1) is 2.71. The van der Waals surface area contributed by atoms with Crippen molar-refractivity contribution in [3.8, 4) is 0 Å². The summed E-state index contributed by atoms with van der Waals surface area (Å²) in [6.45, 7) is 4.66. The van der Waals surface area contributed by atoms with Gasteiger partial charge in [-0.1, -0.05) is 20.3 Å². The van der Waals surface area contributed by atoms with Crippen molar-refractivity contribution >= 4 is 0 Å². The van der Waals surface area contributed by atoms with E-state index >= 15 is 0 Å². The van der Waals surface area contributed by atoms with Crippen LogP contribution in [0.4, 0.5) is 0 Å². The van der Waals surface area contributed by atoms with Crippen LogP contribution in [0.25, 0.3) is 0 Å². The van der Waals surface area contributed by atoms with Gasteiger partial charge in [-0.2, -0.15) is 0 Å². The Bertz CT molecular complexity index is 51.2. The van der Waals surface area contributed by atoms with E-state index in [9.17, 15) is 0 Å². The van der Waals surface area contributed by atoms with Crippen LogP contribution in [-0.4, -0.2) is 0 Å². The first-order valence-electron chi connectivity index (χ1n) is 2.71. The summed E-state index contributed by atoms with van der Waals surface area (Å²) in [5.74, 6) is 0. The van der Waals surface area contributed by atoms with Gasteiger partial charge < -0.3 is 0 Å². The van der Waals surface area contributed by atoms with Crippen molar-refractivity contribution in [3.05, 3.63) is 0 Å². The topological polar surface area (TPSA) is 0 Å². The number of rotatable bonds is 0. The van der Waals surface area contributed by atoms with E-state index in [2.05, 4.69) is 13.8 Å². The summed E-state index contributed by atoms with van der Waals surface area (Å²) in [6, 6.07) is 0. The second-order valence-electron chi connectivity index (χ2n) is 3.02. The molecule has 0 atom stereocenters. The Morgan fingerprint density at radius 1 is 1.14 bits per heavy atom. The summed E-state index contributed by atoms with van der Waals surface area (Å²) in [4.78, 5) is 0. The van der Waals surface area contributed by atoms with Crippen LogP contribution in [0.1, 0.15) is 33.1 Å². The number of hydrogen-bond donors (Lipinski definition) is 0. The molecular formula is C6H12V. The molecule has 1 aliphatic carbocycles. The maximum Gasteiger partial charge on any atom is 0 e. The molecule has 0 N–H and O–H groups in total. The van der Waals surface area contributed by atoms with Gasteiger partial charge in [-0.3, -0.25) is 0 Å². The van der Waals surface area contributed by atoms with Gasteiger partial charge in [-0.25, -0.2) is 0 Å². The molecule has 0 heterocycles. The average molecular weight is 135 g/mol. The minimum Gasteiger partial charge on any atom is -0.0599 e. The zero-order chi connectivity index (χ0) is 4.62. The molecule has 41 valence electrons. The Labute approximate surface area is 57.6 Å². The molecule has 0 aliphatic heterocycles. The largest absolute Gasteiger partial charge is 0.0599 e. The van der Waals surface area contributed by atoms with E-state index in [1.54, 1.807) is 0 Å². The molecule has 0 nitrogen and oxygen atoms in total. The quantitative estimate of drug-likeness (QED) is 0.477. The Morgan fingerprint density at radius 2 is 1.43 bits per heavy atom. The third-order valence-corrected chi connectivity index (χ3v) is 1.71. The zero-order valence-electron chi connectivity index (χ0n) is 5.07. The van der Waals surface area contributed by atoms with Gasteiger partial charge >= 0.3 is 0 Å². The minimum absolute atomic E-state index is 0. The zero-order valence-corrected chi connectivity index (χ0v) is 6.47. The van der Waals surface area contributed by atoms with Crippen LogP contribution in [0.3, 0.4) is 0 Å². The van der Waals surface area contributed by atoms with Crippen molar-refractivity contribution in [2.24, 2.45) is 5.41 Å². The second kappa shape index (κ2) is 2.24. The van der Waals surface area contributed by atoms with Gasteiger partial charge in [0.15, 0.2) is 0 Å². The second-order valence-corrected chi connectivity index (χ2v) is 3.02. The summed E-state index contributed by atoms with van der Waals surface area (Å²) in [5, 5.41) is 0. The van der Waals surface area contributed by atoms with Gasteiger partial charge in [-0.15, -0.1) is 0 Å². The number of hydrogen-bond acceptors (Lipinski definition) is 0. The van der Waals surface area contributed by atoms with Crippen LogP contribution < -0.4 is 0 Å². The van der Waals surface area contributed by atoms with Crippen molar-refractivity contribution in [2.75, 3.05) is 0 Å². The summed E-state index contributed by atoms with van der Waals surface area (Å²) in [5.41, 5.74) is 0.722. The van der Waals surface area contributed by atoms with Gasteiger partial charge in [0.1, 0.15) is 0 Å². The normalized spacial score (nSPS) is 24.9. The Hall–Kier alpha value is 0.584. The van der Waals surface area contributed by atoms with Crippen molar-refractivity contribution in [3.63, 3.8) is 0 Å². The molecule has 0 aromatic rings. The van der Waals surface area contributed by atoms with E-state index in [1.807, 2.05) is 0 Å². The molecule has 0 spiro atoms. The molecule has 1 radical (unpaired) electrons. The van der Waals surface area contributed by atoms with Crippen molar-refractivity contribution < 1.29 is 18.6 Å². The molecular weight excluding hydrogens is 123 g/mol. The molecule has 0 bridgehead atoms. The molecule has 0 unspecified atom stereocenters. The van der Waals surface area contributed by atoms with Gasteiger partial charge in [-0.05, 0) is 18.3 Å². The van der Waals surface area contributed by atoms with E-state index in [1.165, 1.54) is 19.3 Å². The molecule has 1 heteroatoms. The molecule has 1 rings (SSSR count). The average Bonchev–Trinajstić information content (AvgIpc) is 1.32. The van der Waals surface area contributed by atoms with Gasteiger partial charge in [0.05, 0.1) is 0 Å². The van der Waals surface area contributed by atoms with Crippen LogP contribution in [0.5, 0.6) is 0 Å². The van der Waals surface area contributed by atoms with Crippen LogP contribution in [-0.2, 0) is 18.6 Å². The Morgan fingerprint density at radius 3 is 1.43 bits per heavy atom. The molecule has 0 aromatic carbocycles. The maximum atomic E-state index is 2.33. The fourth-order valence-electron chi connectivity index (χ4n) is 0.884. The first-order valence-corrected chi connectivity index (χ1v) is 2.71. The Balaban J connectivity index is 0.000000360. The first kappa shape index (κ1) is 7.58. The van der Waals surface area contributed by atoms with Gasteiger partial charge in [0.2, 0.25) is 0 Å². The van der Waals surface area contributed by atoms with Crippen molar-refractivity contribution in [2.45, 2.75) is 33.1 Å². The molecule has 1 saturated carbocycles. The predicted octanol–water partition coefficient (Wildman–Crippen LogP) is 2.19. The van der Waals surface area contributed by atoms with E-state index in [-0.39, 0.29) is 18.6 Å². The standard InChI is InChI=1S/C6H12.V/c1-6(2)4-3-5-6;/h3-5H2,1-2H3;. The summed E-state index contributed by atoms with van der Waals surface area (Å²) in [6.07, 6.45) is 4.37. The van der Waals surface area contributed by atoms with E-state index < -0.39 is 0 Å². The molecule has 0 aromatic heterocycles. The van der Waals surface area contributed by atoms with Crippen LogP contribution >= 0.6 is 0 Å². The molecule has 1 aliphatic rings. The minimum atomic E-state index is 0. The van der Waals surface area contributed by atoms with E-state index in [4.69, 9.17) is 0 Å². The molecule has 7 heavy (non-hydrogen) atoms. The third-order valence-electron chi connectivity index (χ3n) is 1.71. The fourth-order valence-corrected chi connectivity index (χ4v) is 0.884. The van der Waals surface area contributed by atoms with E-state index in [0.717, 1.165) is 5.41 Å². The van der Waals surface area contributed by atoms with Crippen LogP contribution in [0, 0.1) is 5.41 Å². The SMILES string of the molecule is CC1(C)CCC1.[V]. The fraction of sp³-hybridized carbons (Fsp3) is 1.00. The Kier molecular flexibility index (Phi) is 2.42. The molecule has 0 amide bonds.